The monoisotopic (exact) mass is 388 g/mol. The summed E-state index contributed by atoms with van der Waals surface area (Å²) in [6, 6.07) is 0. The van der Waals surface area contributed by atoms with E-state index in [9.17, 15) is 15.0 Å². The SMILES string of the molecule is CCCCCCCCC(O)C(O)CCCCCCCC(=O)OCC(C)CO. The van der Waals surface area contributed by atoms with Gasteiger partial charge in [0.15, 0.2) is 0 Å². The van der Waals surface area contributed by atoms with E-state index in [1.54, 1.807) is 0 Å². The number of ether oxygens (including phenoxy) is 1. The molecule has 3 unspecified atom stereocenters. The summed E-state index contributed by atoms with van der Waals surface area (Å²) in [5, 5.41) is 28.9. The first kappa shape index (κ1) is 26.4. The molecule has 3 N–H and O–H groups in total. The zero-order valence-corrected chi connectivity index (χ0v) is 17.7. The molecule has 0 aliphatic rings. The summed E-state index contributed by atoms with van der Waals surface area (Å²) < 4.78 is 5.08. The molecule has 0 fully saturated rings. The fourth-order valence-corrected chi connectivity index (χ4v) is 3.03. The second-order valence-electron chi connectivity index (χ2n) is 7.97. The molecule has 0 spiro atoms. The Morgan fingerprint density at radius 3 is 1.81 bits per heavy atom. The third kappa shape index (κ3) is 17.2. The summed E-state index contributed by atoms with van der Waals surface area (Å²) in [4.78, 5) is 11.5. The van der Waals surface area contributed by atoms with E-state index in [1.165, 1.54) is 25.7 Å². The van der Waals surface area contributed by atoms with Crippen LogP contribution in [0.3, 0.4) is 0 Å². The molecule has 0 aromatic carbocycles. The normalized spacial score (nSPS) is 14.7. The van der Waals surface area contributed by atoms with Crippen molar-refractivity contribution in [2.24, 2.45) is 5.92 Å². The lowest BCUT2D eigenvalue weighted by molar-refractivity contribution is -0.145. The highest BCUT2D eigenvalue weighted by Crippen LogP contribution is 2.15. The zero-order valence-electron chi connectivity index (χ0n) is 17.7. The lowest BCUT2D eigenvalue weighted by Gasteiger charge is -2.17. The van der Waals surface area contributed by atoms with Crippen LogP contribution in [0.25, 0.3) is 0 Å². The van der Waals surface area contributed by atoms with Crippen molar-refractivity contribution in [3.63, 3.8) is 0 Å². The third-order valence-electron chi connectivity index (χ3n) is 5.02. The number of aliphatic hydroxyl groups is 3. The van der Waals surface area contributed by atoms with Crippen molar-refractivity contribution in [2.75, 3.05) is 13.2 Å². The number of carbonyl (C=O) groups is 1. The lowest BCUT2D eigenvalue weighted by atomic mass is 9.99. The van der Waals surface area contributed by atoms with E-state index in [2.05, 4.69) is 6.92 Å². The quantitative estimate of drug-likeness (QED) is 0.226. The first-order chi connectivity index (χ1) is 13.0. The van der Waals surface area contributed by atoms with Crippen LogP contribution in [0.4, 0.5) is 0 Å². The molecule has 0 aromatic heterocycles. The van der Waals surface area contributed by atoms with Gasteiger partial charge in [-0.1, -0.05) is 78.1 Å². The molecule has 0 radical (unpaired) electrons. The van der Waals surface area contributed by atoms with Gasteiger partial charge in [0.25, 0.3) is 0 Å². The summed E-state index contributed by atoms with van der Waals surface area (Å²) in [6.45, 7) is 4.36. The van der Waals surface area contributed by atoms with Crippen LogP contribution in [0.15, 0.2) is 0 Å². The summed E-state index contributed by atoms with van der Waals surface area (Å²) in [5.74, 6) is -0.194. The highest BCUT2D eigenvalue weighted by molar-refractivity contribution is 5.69. The lowest BCUT2D eigenvalue weighted by Crippen LogP contribution is -2.25. The summed E-state index contributed by atoms with van der Waals surface area (Å²) >= 11 is 0. The van der Waals surface area contributed by atoms with Crippen LogP contribution < -0.4 is 0 Å². The Kier molecular flexibility index (Phi) is 18.3. The Morgan fingerprint density at radius 2 is 1.30 bits per heavy atom. The number of unbranched alkanes of at least 4 members (excludes halogenated alkanes) is 9. The summed E-state index contributed by atoms with van der Waals surface area (Å²) in [7, 11) is 0. The topological polar surface area (TPSA) is 87.0 Å². The molecule has 0 saturated heterocycles. The van der Waals surface area contributed by atoms with Gasteiger partial charge in [-0.05, 0) is 19.3 Å². The van der Waals surface area contributed by atoms with Crippen molar-refractivity contribution in [3.8, 4) is 0 Å². The van der Waals surface area contributed by atoms with Crippen LogP contribution in [0, 0.1) is 5.92 Å². The molecule has 0 aromatic rings. The number of aliphatic hydroxyl groups excluding tert-OH is 3. The van der Waals surface area contributed by atoms with Crippen molar-refractivity contribution in [1.29, 1.82) is 0 Å². The summed E-state index contributed by atoms with van der Waals surface area (Å²) in [6.07, 6.45) is 12.5. The second-order valence-corrected chi connectivity index (χ2v) is 7.97. The van der Waals surface area contributed by atoms with Crippen molar-refractivity contribution < 1.29 is 24.9 Å². The van der Waals surface area contributed by atoms with E-state index >= 15 is 0 Å². The minimum atomic E-state index is -0.607. The molecule has 0 heterocycles. The molecule has 0 saturated carbocycles. The number of carbonyl (C=O) groups excluding carboxylic acids is 1. The minimum Gasteiger partial charge on any atom is -0.465 e. The van der Waals surface area contributed by atoms with E-state index in [4.69, 9.17) is 9.84 Å². The van der Waals surface area contributed by atoms with Gasteiger partial charge in [0.2, 0.25) is 0 Å². The molecule has 0 amide bonds. The molecular weight excluding hydrogens is 344 g/mol. The van der Waals surface area contributed by atoms with Gasteiger partial charge in [0, 0.05) is 18.9 Å². The van der Waals surface area contributed by atoms with Crippen molar-refractivity contribution in [1.82, 2.24) is 0 Å². The van der Waals surface area contributed by atoms with Crippen LogP contribution in [-0.4, -0.2) is 46.7 Å². The molecule has 27 heavy (non-hydrogen) atoms. The molecule has 3 atom stereocenters. The van der Waals surface area contributed by atoms with Gasteiger partial charge in [-0.25, -0.2) is 0 Å². The van der Waals surface area contributed by atoms with E-state index in [0.717, 1.165) is 44.9 Å². The first-order valence-electron chi connectivity index (χ1n) is 11.1. The number of hydrogen-bond acceptors (Lipinski definition) is 5. The van der Waals surface area contributed by atoms with Crippen LogP contribution in [0.1, 0.15) is 104 Å². The van der Waals surface area contributed by atoms with Crippen LogP contribution in [0.5, 0.6) is 0 Å². The Hall–Kier alpha value is -0.650. The highest BCUT2D eigenvalue weighted by Gasteiger charge is 2.15. The molecule has 0 rings (SSSR count). The fourth-order valence-electron chi connectivity index (χ4n) is 3.03. The van der Waals surface area contributed by atoms with Gasteiger partial charge in [0.05, 0.1) is 18.8 Å². The Balaban J connectivity index is 3.46. The van der Waals surface area contributed by atoms with Gasteiger partial charge in [-0.2, -0.15) is 0 Å². The molecule has 5 heteroatoms. The van der Waals surface area contributed by atoms with Gasteiger partial charge in [0.1, 0.15) is 0 Å². The van der Waals surface area contributed by atoms with Crippen LogP contribution in [0.2, 0.25) is 0 Å². The van der Waals surface area contributed by atoms with Crippen molar-refractivity contribution in [3.05, 3.63) is 0 Å². The van der Waals surface area contributed by atoms with E-state index in [-0.39, 0.29) is 25.1 Å². The second kappa shape index (κ2) is 18.7. The third-order valence-corrected chi connectivity index (χ3v) is 5.02. The molecule has 0 aliphatic carbocycles. The predicted molar refractivity (Wildman–Crippen MR) is 110 cm³/mol. The van der Waals surface area contributed by atoms with Gasteiger partial charge in [-0.15, -0.1) is 0 Å². The Morgan fingerprint density at radius 1 is 0.815 bits per heavy atom. The van der Waals surface area contributed by atoms with Gasteiger partial charge in [-0.3, -0.25) is 4.79 Å². The smallest absolute Gasteiger partial charge is 0.305 e. The fraction of sp³-hybridized carbons (Fsp3) is 0.955. The first-order valence-corrected chi connectivity index (χ1v) is 11.1. The van der Waals surface area contributed by atoms with E-state index in [1.807, 2.05) is 6.92 Å². The maximum atomic E-state index is 11.5. The molecule has 0 aliphatic heterocycles. The predicted octanol–water partition coefficient (Wildman–Crippen LogP) is 4.36. The van der Waals surface area contributed by atoms with Crippen molar-refractivity contribution >= 4 is 5.97 Å². The summed E-state index contributed by atoms with van der Waals surface area (Å²) in [5.41, 5.74) is 0. The molecule has 162 valence electrons. The number of rotatable bonds is 19. The Bertz CT molecular complexity index is 335. The van der Waals surface area contributed by atoms with Crippen molar-refractivity contribution in [2.45, 2.75) is 116 Å². The average molecular weight is 389 g/mol. The standard InChI is InChI=1S/C22H44O5/c1-3-4-5-6-8-11-14-20(24)21(25)15-12-9-7-10-13-16-22(26)27-18-19(2)17-23/h19-21,23-25H,3-18H2,1-2H3. The zero-order chi connectivity index (χ0) is 20.3. The highest BCUT2D eigenvalue weighted by atomic mass is 16.5. The van der Waals surface area contributed by atoms with E-state index in [0.29, 0.717) is 19.3 Å². The van der Waals surface area contributed by atoms with E-state index < -0.39 is 12.2 Å². The molecule has 0 bridgehead atoms. The van der Waals surface area contributed by atoms with Gasteiger partial charge >= 0.3 is 5.97 Å². The minimum absolute atomic E-state index is 0.00298. The van der Waals surface area contributed by atoms with Crippen LogP contribution in [-0.2, 0) is 9.53 Å². The maximum Gasteiger partial charge on any atom is 0.305 e. The number of hydrogen-bond donors (Lipinski definition) is 3. The number of esters is 1. The maximum absolute atomic E-state index is 11.5. The molecular formula is C22H44O5. The Labute approximate surface area is 166 Å². The van der Waals surface area contributed by atoms with Gasteiger partial charge < -0.3 is 20.1 Å². The molecule has 5 nitrogen and oxygen atoms in total. The van der Waals surface area contributed by atoms with Crippen LogP contribution >= 0.6 is 0 Å². The largest absolute Gasteiger partial charge is 0.465 e. The average Bonchev–Trinajstić information content (AvgIpc) is 2.67.